The van der Waals surface area contributed by atoms with Crippen molar-refractivity contribution in [1.82, 2.24) is 0 Å². The van der Waals surface area contributed by atoms with Gasteiger partial charge in [0, 0.05) is 6.61 Å². The van der Waals surface area contributed by atoms with Gasteiger partial charge in [0.15, 0.2) is 0 Å². The van der Waals surface area contributed by atoms with E-state index in [2.05, 4.69) is 27.7 Å². The zero-order chi connectivity index (χ0) is 18.5. The first-order chi connectivity index (χ1) is 11.7. The minimum atomic E-state index is -3.52. The van der Waals surface area contributed by atoms with E-state index in [9.17, 15) is 0 Å². The third-order valence-corrected chi connectivity index (χ3v) is 6.59. The summed E-state index contributed by atoms with van der Waals surface area (Å²) in [6, 6.07) is 0. The summed E-state index contributed by atoms with van der Waals surface area (Å²) in [7, 11) is 0. The molecule has 0 bridgehead atoms. The summed E-state index contributed by atoms with van der Waals surface area (Å²) in [5, 5.41) is 7.57. The van der Waals surface area contributed by atoms with Crippen molar-refractivity contribution in [2.45, 2.75) is 86.0 Å². The minimum absolute atomic E-state index is 0.250. The first-order valence-electron chi connectivity index (χ1n) is 9.82. The third-order valence-electron chi connectivity index (χ3n) is 3.11. The van der Waals surface area contributed by atoms with Gasteiger partial charge in [-0.1, -0.05) is 0 Å². The average Bonchev–Trinajstić information content (AvgIpc) is 2.56. The van der Waals surface area contributed by atoms with Crippen molar-refractivity contribution in [2.75, 3.05) is 33.0 Å². The second-order valence-corrected chi connectivity index (χ2v) is 8.99. The fourth-order valence-corrected chi connectivity index (χ4v) is 4.86. The molecule has 0 radical (unpaired) electrons. The number of rotatable bonds is 16. The molecule has 0 aliphatic carbocycles. The maximum absolute atomic E-state index is 7.57. The van der Waals surface area contributed by atoms with E-state index >= 15 is 0 Å². The summed E-state index contributed by atoms with van der Waals surface area (Å²) in [5.41, 5.74) is 0. The van der Waals surface area contributed by atoms with Crippen LogP contribution < -0.4 is 0 Å². The van der Waals surface area contributed by atoms with E-state index < -0.39 is 18.1 Å². The van der Waals surface area contributed by atoms with Crippen LogP contribution in [0.5, 0.6) is 0 Å². The molecular weight excluding hydrogens is 344 g/mol. The van der Waals surface area contributed by atoms with Crippen molar-refractivity contribution < 1.29 is 36.5 Å². The van der Waals surface area contributed by atoms with Gasteiger partial charge in [0.2, 0.25) is 0 Å². The molecule has 0 fully saturated rings. The van der Waals surface area contributed by atoms with E-state index in [1.54, 1.807) is 6.92 Å². The molecular formula is C18H42O5Ti. The Balaban J connectivity index is 0. The van der Waals surface area contributed by atoms with Crippen molar-refractivity contribution in [3.05, 3.63) is 0 Å². The number of aliphatic hydroxyl groups is 1. The monoisotopic (exact) mass is 386 g/mol. The maximum atomic E-state index is 7.57. The van der Waals surface area contributed by atoms with Crippen molar-refractivity contribution >= 4 is 0 Å². The zero-order valence-corrected chi connectivity index (χ0v) is 18.3. The Morgan fingerprint density at radius 2 is 0.750 bits per heavy atom. The van der Waals surface area contributed by atoms with Crippen LogP contribution in [-0.2, 0) is 31.4 Å². The van der Waals surface area contributed by atoms with E-state index in [1.807, 2.05) is 0 Å². The second-order valence-electron chi connectivity index (χ2n) is 5.62. The quantitative estimate of drug-likeness (QED) is 0.297. The summed E-state index contributed by atoms with van der Waals surface area (Å²) < 4.78 is 24.1. The molecule has 1 N–H and O–H groups in total. The van der Waals surface area contributed by atoms with Crippen molar-refractivity contribution in [1.29, 1.82) is 0 Å². The molecule has 0 aromatic carbocycles. The number of aliphatic hydroxyl groups excluding tert-OH is 1. The molecule has 0 unspecified atom stereocenters. The van der Waals surface area contributed by atoms with Gasteiger partial charge in [-0.25, -0.2) is 0 Å². The van der Waals surface area contributed by atoms with E-state index in [4.69, 9.17) is 18.4 Å². The van der Waals surface area contributed by atoms with Crippen LogP contribution in [0.2, 0.25) is 0 Å². The summed E-state index contributed by atoms with van der Waals surface area (Å²) in [4.78, 5) is 0. The van der Waals surface area contributed by atoms with Gasteiger partial charge in [-0.15, -0.1) is 0 Å². The van der Waals surface area contributed by atoms with Gasteiger partial charge in [0.05, 0.1) is 0 Å². The summed E-state index contributed by atoms with van der Waals surface area (Å²) in [6.45, 7) is 13.3. The van der Waals surface area contributed by atoms with Crippen molar-refractivity contribution in [2.24, 2.45) is 0 Å². The molecule has 0 aromatic heterocycles. The third kappa shape index (κ3) is 17.3. The summed E-state index contributed by atoms with van der Waals surface area (Å²) in [5.74, 6) is 0. The normalized spacial score (nSPS) is 11.2. The van der Waals surface area contributed by atoms with E-state index in [0.29, 0.717) is 26.4 Å². The molecule has 0 atom stereocenters. The molecule has 5 nitrogen and oxygen atoms in total. The van der Waals surface area contributed by atoms with Gasteiger partial charge >= 0.3 is 137 Å². The van der Waals surface area contributed by atoms with Crippen LogP contribution in [-0.4, -0.2) is 38.1 Å². The van der Waals surface area contributed by atoms with Crippen molar-refractivity contribution in [3.8, 4) is 0 Å². The van der Waals surface area contributed by atoms with Crippen LogP contribution in [0.3, 0.4) is 0 Å². The first kappa shape index (κ1) is 26.7. The predicted molar refractivity (Wildman–Crippen MR) is 96.2 cm³/mol. The Morgan fingerprint density at radius 1 is 0.542 bits per heavy atom. The molecule has 148 valence electrons. The van der Waals surface area contributed by atoms with E-state index in [1.165, 1.54) is 0 Å². The Kier molecular flexibility index (Phi) is 24.0. The summed E-state index contributed by atoms with van der Waals surface area (Å²) in [6.07, 6.45) is 8.54. The topological polar surface area (TPSA) is 57.2 Å². The molecule has 0 amide bonds. The van der Waals surface area contributed by atoms with Crippen LogP contribution in [0.25, 0.3) is 0 Å². The molecule has 0 aliphatic heterocycles. The van der Waals surface area contributed by atoms with Crippen LogP contribution in [0.15, 0.2) is 0 Å². The minimum Gasteiger partial charge on any atom is -0.397 e. The first-order valence-corrected chi connectivity index (χ1v) is 12.4. The van der Waals surface area contributed by atoms with Crippen LogP contribution in [0.4, 0.5) is 0 Å². The Hall–Kier alpha value is 0.514. The van der Waals surface area contributed by atoms with E-state index in [0.717, 1.165) is 51.4 Å². The number of unbranched alkanes of at least 4 members (excludes halogenated alkanes) is 4. The fourth-order valence-electron chi connectivity index (χ4n) is 1.62. The molecule has 0 heterocycles. The summed E-state index contributed by atoms with van der Waals surface area (Å²) >= 11 is -3.52. The Morgan fingerprint density at radius 3 is 0.917 bits per heavy atom. The Bertz CT molecular complexity index is 184. The van der Waals surface area contributed by atoms with Crippen LogP contribution in [0.1, 0.15) is 86.0 Å². The zero-order valence-electron chi connectivity index (χ0n) is 16.8. The molecule has 0 saturated carbocycles. The van der Waals surface area contributed by atoms with E-state index in [-0.39, 0.29) is 6.61 Å². The fraction of sp³-hybridized carbons (Fsp3) is 1.00. The average molecular weight is 386 g/mol. The maximum Gasteiger partial charge on any atom is 0.0402 e. The molecule has 24 heavy (non-hydrogen) atoms. The number of hydrogen-bond acceptors (Lipinski definition) is 5. The molecule has 0 saturated heterocycles. The van der Waals surface area contributed by atoms with Gasteiger partial charge < -0.3 is 5.11 Å². The van der Waals surface area contributed by atoms with Crippen LogP contribution >= 0.6 is 0 Å². The standard InChI is InChI=1S/4C4H9O.C2H6O.Ti/c4*1-2-3-4-5;1-2-3;/h4*2-4H2,1H3;3H,2H2,1H3;/q4*-1;;+4. The van der Waals surface area contributed by atoms with Gasteiger partial charge in [-0.3, -0.25) is 0 Å². The van der Waals surface area contributed by atoms with Crippen molar-refractivity contribution in [3.63, 3.8) is 0 Å². The molecule has 6 heteroatoms. The number of hydrogen-bond donors (Lipinski definition) is 1. The van der Waals surface area contributed by atoms with Gasteiger partial charge in [-0.05, 0) is 6.92 Å². The predicted octanol–water partition coefficient (Wildman–Crippen LogP) is 5.07. The van der Waals surface area contributed by atoms with Gasteiger partial charge in [0.1, 0.15) is 0 Å². The van der Waals surface area contributed by atoms with Crippen LogP contribution in [0, 0.1) is 0 Å². The Labute approximate surface area is 155 Å². The molecule has 0 rings (SSSR count). The smallest absolute Gasteiger partial charge is 0.0402 e. The van der Waals surface area contributed by atoms with Gasteiger partial charge in [0.25, 0.3) is 0 Å². The molecule has 0 aliphatic rings. The molecule has 0 spiro atoms. The second kappa shape index (κ2) is 21.6. The van der Waals surface area contributed by atoms with Gasteiger partial charge in [-0.2, -0.15) is 0 Å². The SMILES string of the molecule is CCCC[O][Ti]([O]CCCC)([O]CCCC)[O]CCCC.CCO. The largest absolute Gasteiger partial charge is 0.397 e. The molecule has 0 aromatic rings.